The molecule has 0 aliphatic carbocycles. The molecule has 0 saturated carbocycles. The van der Waals surface area contributed by atoms with Gasteiger partial charge >= 0.3 is 0 Å². The second-order valence-corrected chi connectivity index (χ2v) is 7.67. The number of imide groups is 1. The molecule has 2 aromatic rings. The van der Waals surface area contributed by atoms with Crippen molar-refractivity contribution >= 4 is 28.8 Å². The van der Waals surface area contributed by atoms with Gasteiger partial charge < -0.3 is 14.8 Å². The van der Waals surface area contributed by atoms with E-state index in [4.69, 9.17) is 9.47 Å². The molecule has 0 fully saturated rings. The van der Waals surface area contributed by atoms with Crippen molar-refractivity contribution in [3.8, 4) is 5.75 Å². The molecule has 0 unspecified atom stereocenters. The van der Waals surface area contributed by atoms with E-state index in [1.54, 1.807) is 24.3 Å². The number of carbonyl (C=O) groups is 2. The Morgan fingerprint density at radius 1 is 1.09 bits per heavy atom. The largest absolute Gasteiger partial charge is 0.494 e. The second kappa shape index (κ2) is 10.7. The maximum absolute atomic E-state index is 13.2. The minimum atomic E-state index is -0.515. The Balaban J connectivity index is 1.93. The minimum absolute atomic E-state index is 0.0543. The molecule has 1 N–H and O–H groups in total. The predicted octanol–water partition coefficient (Wildman–Crippen LogP) is 4.00. The molecule has 174 valence electrons. The molecule has 0 saturated heterocycles. The highest BCUT2D eigenvalue weighted by Crippen LogP contribution is 2.32. The fraction of sp³-hybridized carbons (Fsp3) is 0.333. The van der Waals surface area contributed by atoms with Crippen LogP contribution in [0.3, 0.4) is 0 Å². The van der Waals surface area contributed by atoms with Gasteiger partial charge in [0.15, 0.2) is 0 Å². The molecule has 3 rings (SSSR count). The van der Waals surface area contributed by atoms with Crippen molar-refractivity contribution < 1.29 is 24.0 Å². The van der Waals surface area contributed by atoms with E-state index < -0.39 is 16.7 Å². The molecule has 1 aliphatic rings. The summed E-state index contributed by atoms with van der Waals surface area (Å²) in [5, 5.41) is 14.1. The zero-order chi connectivity index (χ0) is 24.0. The predicted molar refractivity (Wildman–Crippen MR) is 124 cm³/mol. The molecular formula is C24H27N3O6. The summed E-state index contributed by atoms with van der Waals surface area (Å²) in [5.41, 5.74) is 1.19. The van der Waals surface area contributed by atoms with Crippen LogP contribution in [0.4, 0.5) is 11.4 Å². The van der Waals surface area contributed by atoms with E-state index in [0.717, 1.165) is 0 Å². The molecular weight excluding hydrogens is 426 g/mol. The number of ether oxygens (including phenoxy) is 2. The lowest BCUT2D eigenvalue weighted by Gasteiger charge is -2.16. The SMILES string of the molecule is CCOc1cccc(NC2=C(c3ccc([N+](=O)[O-])cc3)C(=O)N(CCCOC(C)C)C2=O)c1. The summed E-state index contributed by atoms with van der Waals surface area (Å²) in [4.78, 5) is 38.1. The topological polar surface area (TPSA) is 111 Å². The van der Waals surface area contributed by atoms with Crippen LogP contribution in [-0.4, -0.2) is 47.5 Å². The third kappa shape index (κ3) is 5.75. The smallest absolute Gasteiger partial charge is 0.278 e. The average molecular weight is 453 g/mol. The van der Waals surface area contributed by atoms with Crippen LogP contribution in [0.5, 0.6) is 5.75 Å². The first kappa shape index (κ1) is 23.9. The van der Waals surface area contributed by atoms with E-state index in [1.807, 2.05) is 20.8 Å². The van der Waals surface area contributed by atoms with Crippen LogP contribution in [0.25, 0.3) is 5.57 Å². The standard InChI is InChI=1S/C24H27N3O6/c1-4-32-20-8-5-7-18(15-20)25-22-21(17-9-11-19(12-10-17)27(30)31)23(28)26(24(22)29)13-6-14-33-16(2)3/h5,7-12,15-16,25H,4,6,13-14H2,1-3H3. The fourth-order valence-corrected chi connectivity index (χ4v) is 3.43. The number of hydrogen-bond donors (Lipinski definition) is 1. The first-order valence-corrected chi connectivity index (χ1v) is 10.8. The molecule has 0 spiro atoms. The van der Waals surface area contributed by atoms with Crippen molar-refractivity contribution in [1.29, 1.82) is 0 Å². The van der Waals surface area contributed by atoms with Crippen molar-refractivity contribution in [2.45, 2.75) is 33.3 Å². The molecule has 2 aromatic carbocycles. The van der Waals surface area contributed by atoms with E-state index >= 15 is 0 Å². The first-order valence-electron chi connectivity index (χ1n) is 10.8. The van der Waals surface area contributed by atoms with Crippen LogP contribution >= 0.6 is 0 Å². The van der Waals surface area contributed by atoms with Gasteiger partial charge in [-0.15, -0.1) is 0 Å². The number of nitro groups is 1. The van der Waals surface area contributed by atoms with Crippen LogP contribution in [0.15, 0.2) is 54.2 Å². The number of non-ortho nitro benzene ring substituents is 1. The normalized spacial score (nSPS) is 13.8. The molecule has 1 aliphatic heterocycles. The number of benzene rings is 2. The third-order valence-corrected chi connectivity index (χ3v) is 4.93. The number of carbonyl (C=O) groups excluding carboxylic acids is 2. The monoisotopic (exact) mass is 453 g/mol. The van der Waals surface area contributed by atoms with Crippen molar-refractivity contribution in [3.05, 3.63) is 69.9 Å². The molecule has 9 nitrogen and oxygen atoms in total. The number of rotatable bonds is 11. The van der Waals surface area contributed by atoms with Gasteiger partial charge in [0, 0.05) is 37.0 Å². The van der Waals surface area contributed by atoms with Gasteiger partial charge in [0.1, 0.15) is 11.4 Å². The maximum atomic E-state index is 13.2. The Kier molecular flexibility index (Phi) is 7.78. The molecule has 0 radical (unpaired) electrons. The van der Waals surface area contributed by atoms with Crippen molar-refractivity contribution in [1.82, 2.24) is 4.90 Å². The molecule has 9 heteroatoms. The highest BCUT2D eigenvalue weighted by atomic mass is 16.6. The van der Waals surface area contributed by atoms with E-state index in [9.17, 15) is 19.7 Å². The Morgan fingerprint density at radius 3 is 2.45 bits per heavy atom. The van der Waals surface area contributed by atoms with Crippen molar-refractivity contribution in [2.75, 3.05) is 25.1 Å². The molecule has 33 heavy (non-hydrogen) atoms. The van der Waals surface area contributed by atoms with E-state index in [-0.39, 0.29) is 29.6 Å². The van der Waals surface area contributed by atoms with Gasteiger partial charge in [-0.05, 0) is 57.0 Å². The maximum Gasteiger partial charge on any atom is 0.278 e. The molecule has 0 bridgehead atoms. The zero-order valence-electron chi connectivity index (χ0n) is 18.9. The Labute approximate surface area is 192 Å². The van der Waals surface area contributed by atoms with Gasteiger partial charge in [-0.3, -0.25) is 24.6 Å². The van der Waals surface area contributed by atoms with E-state index in [0.29, 0.717) is 36.6 Å². The number of hydrogen-bond acceptors (Lipinski definition) is 7. The van der Waals surface area contributed by atoms with Gasteiger partial charge in [0.2, 0.25) is 0 Å². The lowest BCUT2D eigenvalue weighted by molar-refractivity contribution is -0.384. The number of anilines is 1. The Bertz CT molecular complexity index is 1060. The summed E-state index contributed by atoms with van der Waals surface area (Å²) in [5.74, 6) is -0.291. The lowest BCUT2D eigenvalue weighted by Crippen LogP contribution is -2.34. The van der Waals surface area contributed by atoms with Gasteiger partial charge in [-0.2, -0.15) is 0 Å². The number of nitrogens with zero attached hydrogens (tertiary/aromatic N) is 2. The summed E-state index contributed by atoms with van der Waals surface area (Å²) in [6.45, 7) is 6.81. The van der Waals surface area contributed by atoms with Gasteiger partial charge in [0.25, 0.3) is 17.5 Å². The molecule has 2 amide bonds. The third-order valence-electron chi connectivity index (χ3n) is 4.93. The highest BCUT2D eigenvalue weighted by molar-refractivity contribution is 6.36. The Hall–Kier alpha value is -3.72. The molecule has 0 aromatic heterocycles. The van der Waals surface area contributed by atoms with Gasteiger partial charge in [0.05, 0.1) is 23.2 Å². The summed E-state index contributed by atoms with van der Waals surface area (Å²) >= 11 is 0. The lowest BCUT2D eigenvalue weighted by atomic mass is 10.0. The Morgan fingerprint density at radius 2 is 1.82 bits per heavy atom. The quantitative estimate of drug-likeness (QED) is 0.237. The van der Waals surface area contributed by atoms with Crippen LogP contribution in [0.1, 0.15) is 32.8 Å². The van der Waals surface area contributed by atoms with Crippen LogP contribution < -0.4 is 10.1 Å². The fourth-order valence-electron chi connectivity index (χ4n) is 3.43. The molecule has 0 atom stereocenters. The average Bonchev–Trinajstić information content (AvgIpc) is 3.01. The van der Waals surface area contributed by atoms with E-state index in [1.165, 1.54) is 29.2 Å². The highest BCUT2D eigenvalue weighted by Gasteiger charge is 2.39. The minimum Gasteiger partial charge on any atom is -0.494 e. The molecule has 1 heterocycles. The number of amides is 2. The van der Waals surface area contributed by atoms with Crippen molar-refractivity contribution in [2.24, 2.45) is 0 Å². The van der Waals surface area contributed by atoms with Gasteiger partial charge in [-0.1, -0.05) is 6.07 Å². The first-order chi connectivity index (χ1) is 15.8. The summed E-state index contributed by atoms with van der Waals surface area (Å²) in [6, 6.07) is 12.6. The van der Waals surface area contributed by atoms with Crippen LogP contribution in [-0.2, 0) is 14.3 Å². The van der Waals surface area contributed by atoms with Crippen LogP contribution in [0, 0.1) is 10.1 Å². The summed E-state index contributed by atoms with van der Waals surface area (Å²) < 4.78 is 11.0. The summed E-state index contributed by atoms with van der Waals surface area (Å²) in [7, 11) is 0. The summed E-state index contributed by atoms with van der Waals surface area (Å²) in [6.07, 6.45) is 0.551. The number of nitrogens with one attached hydrogen (secondary N) is 1. The number of nitro benzene ring substituents is 1. The van der Waals surface area contributed by atoms with E-state index in [2.05, 4.69) is 5.32 Å². The zero-order valence-corrected chi connectivity index (χ0v) is 18.9. The van der Waals surface area contributed by atoms with Crippen LogP contribution in [0.2, 0.25) is 0 Å². The van der Waals surface area contributed by atoms with Gasteiger partial charge in [-0.25, -0.2) is 0 Å². The van der Waals surface area contributed by atoms with Crippen molar-refractivity contribution in [3.63, 3.8) is 0 Å². The second-order valence-electron chi connectivity index (χ2n) is 7.67.